The monoisotopic (exact) mass is 356 g/mol. The summed E-state index contributed by atoms with van der Waals surface area (Å²) in [6, 6.07) is 10.4. The van der Waals surface area contributed by atoms with Crippen molar-refractivity contribution in [2.24, 2.45) is 10.1 Å². The van der Waals surface area contributed by atoms with E-state index in [1.807, 2.05) is 17.5 Å². The Morgan fingerprint density at radius 3 is 2.92 bits per heavy atom. The maximum absolute atomic E-state index is 14.2. The Morgan fingerprint density at radius 2 is 2.16 bits per heavy atom. The second-order valence-corrected chi connectivity index (χ2v) is 5.94. The van der Waals surface area contributed by atoms with Gasteiger partial charge in [0.1, 0.15) is 5.82 Å². The molecule has 128 valence electrons. The molecule has 0 unspecified atom stereocenters. The maximum atomic E-state index is 14.2. The van der Waals surface area contributed by atoms with Crippen molar-refractivity contribution in [1.29, 1.82) is 0 Å². The summed E-state index contributed by atoms with van der Waals surface area (Å²) in [4.78, 5) is 9.23. The second kappa shape index (κ2) is 8.46. The number of thiazole rings is 1. The van der Waals surface area contributed by atoms with Gasteiger partial charge in [-0.25, -0.2) is 9.07 Å². The van der Waals surface area contributed by atoms with Gasteiger partial charge in [0, 0.05) is 36.0 Å². The van der Waals surface area contributed by atoms with Gasteiger partial charge in [0.15, 0.2) is 0 Å². The molecule has 0 aliphatic heterocycles. The van der Waals surface area contributed by atoms with Gasteiger partial charge in [-0.2, -0.15) is 5.10 Å². The lowest BCUT2D eigenvalue weighted by molar-refractivity contribution is 0.207. The molecule has 25 heavy (non-hydrogen) atoms. The molecule has 1 aromatic carbocycles. The van der Waals surface area contributed by atoms with E-state index >= 15 is 0 Å². The first-order valence-electron chi connectivity index (χ1n) is 7.69. The van der Waals surface area contributed by atoms with E-state index in [4.69, 9.17) is 4.74 Å². The zero-order valence-corrected chi connectivity index (χ0v) is 14.5. The fourth-order valence-electron chi connectivity index (χ4n) is 2.18. The van der Waals surface area contributed by atoms with Crippen LogP contribution in [0.15, 0.2) is 64.3 Å². The first kappa shape index (κ1) is 17.2. The molecule has 0 aliphatic carbocycles. The van der Waals surface area contributed by atoms with Gasteiger partial charge in [-0.05, 0) is 18.2 Å². The Hall–Kier alpha value is -2.64. The highest BCUT2D eigenvalue weighted by molar-refractivity contribution is 7.07. The van der Waals surface area contributed by atoms with Crippen molar-refractivity contribution in [3.05, 3.63) is 70.4 Å². The van der Waals surface area contributed by atoms with Crippen molar-refractivity contribution in [3.8, 4) is 11.3 Å². The van der Waals surface area contributed by atoms with Crippen LogP contribution in [0.25, 0.3) is 11.3 Å². The predicted molar refractivity (Wildman–Crippen MR) is 97.2 cm³/mol. The molecule has 0 saturated carbocycles. The third-order valence-corrected chi connectivity index (χ3v) is 4.24. The van der Waals surface area contributed by atoms with Gasteiger partial charge in [-0.1, -0.05) is 18.2 Å². The normalized spacial score (nSPS) is 12.2. The molecule has 0 N–H and O–H groups in total. The van der Waals surface area contributed by atoms with Gasteiger partial charge in [0.05, 0.1) is 25.1 Å². The van der Waals surface area contributed by atoms with E-state index in [0.717, 1.165) is 5.56 Å². The van der Waals surface area contributed by atoms with Crippen molar-refractivity contribution >= 4 is 17.6 Å². The van der Waals surface area contributed by atoms with Gasteiger partial charge >= 0.3 is 0 Å². The minimum Gasteiger partial charge on any atom is -0.383 e. The summed E-state index contributed by atoms with van der Waals surface area (Å²) in [5.74, 6) is -0.297. The summed E-state index contributed by atoms with van der Waals surface area (Å²) in [5, 5.41) is 6.35. The van der Waals surface area contributed by atoms with Crippen LogP contribution in [-0.2, 0) is 4.74 Å². The highest BCUT2D eigenvalue weighted by Crippen LogP contribution is 2.23. The fraction of sp³-hybridized carbons (Fsp3) is 0.167. The van der Waals surface area contributed by atoms with Gasteiger partial charge in [-0.3, -0.25) is 9.98 Å². The van der Waals surface area contributed by atoms with Gasteiger partial charge in [-0.15, -0.1) is 11.3 Å². The van der Waals surface area contributed by atoms with Gasteiger partial charge in [0.2, 0.25) is 4.80 Å². The molecule has 0 aliphatic rings. The van der Waals surface area contributed by atoms with Crippen LogP contribution in [0.3, 0.4) is 0 Å². The standard InChI is InChI=1S/C18H17FN4OS/c1-24-10-9-21-18-23(22-12-14-5-4-8-20-11-14)17(13-25-18)15-6-2-3-7-16(15)19/h2-8,11-13H,9-10H2,1H3/b21-18?,22-12-. The fourth-order valence-corrected chi connectivity index (χ4v) is 3.04. The Kier molecular flexibility index (Phi) is 5.81. The third kappa shape index (κ3) is 4.26. The van der Waals surface area contributed by atoms with E-state index < -0.39 is 0 Å². The number of methoxy groups -OCH3 is 1. The first-order chi connectivity index (χ1) is 12.3. The molecule has 3 aromatic rings. The smallest absolute Gasteiger partial charge is 0.206 e. The van der Waals surface area contributed by atoms with E-state index in [-0.39, 0.29) is 5.82 Å². The molecule has 3 rings (SSSR count). The van der Waals surface area contributed by atoms with Crippen LogP contribution in [0.2, 0.25) is 0 Å². The third-order valence-electron chi connectivity index (χ3n) is 3.38. The number of nitrogens with zero attached hydrogens (tertiary/aromatic N) is 4. The minimum absolute atomic E-state index is 0.297. The molecular weight excluding hydrogens is 339 g/mol. The number of benzene rings is 1. The van der Waals surface area contributed by atoms with Crippen LogP contribution >= 0.6 is 11.3 Å². The molecule has 0 bridgehead atoms. The highest BCUT2D eigenvalue weighted by atomic mass is 32.1. The predicted octanol–water partition coefficient (Wildman–Crippen LogP) is 3.18. The summed E-state index contributed by atoms with van der Waals surface area (Å²) in [5.41, 5.74) is 1.98. The number of hydrogen-bond acceptors (Lipinski definition) is 5. The van der Waals surface area contributed by atoms with Crippen LogP contribution in [0.5, 0.6) is 0 Å². The van der Waals surface area contributed by atoms with Crippen molar-refractivity contribution in [1.82, 2.24) is 9.66 Å². The molecule has 0 saturated heterocycles. The lowest BCUT2D eigenvalue weighted by Gasteiger charge is -2.04. The summed E-state index contributed by atoms with van der Waals surface area (Å²) in [6.07, 6.45) is 5.09. The summed E-state index contributed by atoms with van der Waals surface area (Å²) < 4.78 is 20.9. The van der Waals surface area contributed by atoms with Gasteiger partial charge in [0.25, 0.3) is 0 Å². The molecular formula is C18H17FN4OS. The molecule has 0 amide bonds. The molecule has 5 nitrogen and oxygen atoms in total. The lowest BCUT2D eigenvalue weighted by atomic mass is 10.1. The maximum Gasteiger partial charge on any atom is 0.206 e. The van der Waals surface area contributed by atoms with Crippen molar-refractivity contribution in [3.63, 3.8) is 0 Å². The zero-order valence-electron chi connectivity index (χ0n) is 13.7. The first-order valence-corrected chi connectivity index (χ1v) is 8.57. The number of hydrogen-bond donors (Lipinski definition) is 0. The lowest BCUT2D eigenvalue weighted by Crippen LogP contribution is -2.14. The van der Waals surface area contributed by atoms with Crippen LogP contribution in [-0.4, -0.2) is 36.1 Å². The summed E-state index contributed by atoms with van der Waals surface area (Å²) in [6.45, 7) is 1.02. The van der Waals surface area contributed by atoms with Crippen molar-refractivity contribution in [2.45, 2.75) is 0 Å². The molecule has 0 fully saturated rings. The Bertz CT molecular complexity index is 918. The molecule has 0 radical (unpaired) electrons. The number of ether oxygens (including phenoxy) is 1. The Morgan fingerprint density at radius 1 is 1.28 bits per heavy atom. The molecule has 2 aromatic heterocycles. The number of pyridine rings is 1. The number of halogens is 1. The Labute approximate surface area is 148 Å². The van der Waals surface area contributed by atoms with Crippen LogP contribution in [0, 0.1) is 5.82 Å². The van der Waals surface area contributed by atoms with E-state index in [9.17, 15) is 4.39 Å². The van der Waals surface area contributed by atoms with Crippen molar-refractivity contribution < 1.29 is 9.13 Å². The molecule has 0 spiro atoms. The average molecular weight is 356 g/mol. The van der Waals surface area contributed by atoms with E-state index in [1.165, 1.54) is 17.4 Å². The number of aromatic nitrogens is 2. The summed E-state index contributed by atoms with van der Waals surface area (Å²) >= 11 is 1.41. The quantitative estimate of drug-likeness (QED) is 0.503. The van der Waals surface area contributed by atoms with Crippen molar-refractivity contribution in [2.75, 3.05) is 20.3 Å². The largest absolute Gasteiger partial charge is 0.383 e. The topological polar surface area (TPSA) is 51.8 Å². The molecule has 7 heteroatoms. The second-order valence-electron chi connectivity index (χ2n) is 5.10. The van der Waals surface area contributed by atoms with Crippen LogP contribution < -0.4 is 4.80 Å². The van der Waals surface area contributed by atoms with Gasteiger partial charge < -0.3 is 4.74 Å². The highest BCUT2D eigenvalue weighted by Gasteiger charge is 2.11. The molecule has 0 atom stereocenters. The van der Waals surface area contributed by atoms with Crippen LogP contribution in [0.4, 0.5) is 4.39 Å². The van der Waals surface area contributed by atoms with E-state index in [1.54, 1.807) is 48.6 Å². The Balaban J connectivity index is 2.06. The van der Waals surface area contributed by atoms with Crippen LogP contribution in [0.1, 0.15) is 5.56 Å². The van der Waals surface area contributed by atoms with E-state index in [2.05, 4.69) is 15.1 Å². The SMILES string of the molecule is COCCN=c1scc(-c2ccccc2F)n1/N=C\c1cccnc1. The summed E-state index contributed by atoms with van der Waals surface area (Å²) in [7, 11) is 1.63. The zero-order chi connectivity index (χ0) is 17.5. The average Bonchev–Trinajstić information content (AvgIpc) is 3.04. The van der Waals surface area contributed by atoms with E-state index in [0.29, 0.717) is 29.2 Å². The minimum atomic E-state index is -0.297. The molecule has 2 heterocycles. The number of rotatable bonds is 6.